The summed E-state index contributed by atoms with van der Waals surface area (Å²) < 4.78 is 0. The van der Waals surface area contributed by atoms with Gasteiger partial charge in [0.05, 0.1) is 23.8 Å². The van der Waals surface area contributed by atoms with E-state index in [9.17, 15) is 9.59 Å². The summed E-state index contributed by atoms with van der Waals surface area (Å²) in [5.41, 5.74) is 13.1. The number of anilines is 4. The molecule has 0 unspecified atom stereocenters. The number of amides is 2. The van der Waals surface area contributed by atoms with Gasteiger partial charge >= 0.3 is 0 Å². The molecule has 0 spiro atoms. The maximum absolute atomic E-state index is 14.2. The molecule has 8 heteroatoms. The van der Waals surface area contributed by atoms with E-state index >= 15 is 0 Å². The maximum Gasteiger partial charge on any atom is 0.255 e. The topological polar surface area (TPSA) is 90.5 Å². The van der Waals surface area contributed by atoms with Gasteiger partial charge in [0.15, 0.2) is 0 Å². The molecule has 2 aromatic heterocycles. The van der Waals surface area contributed by atoms with Crippen LogP contribution in [0.4, 0.5) is 23.0 Å². The van der Waals surface area contributed by atoms with Gasteiger partial charge in [0, 0.05) is 37.3 Å². The Morgan fingerprint density at radius 2 is 1.05 bits per heavy atom. The van der Waals surface area contributed by atoms with Crippen molar-refractivity contribution in [2.24, 2.45) is 0 Å². The van der Waals surface area contributed by atoms with Crippen LogP contribution in [0.1, 0.15) is 101 Å². The quantitative estimate of drug-likeness (QED) is 0.143. The van der Waals surface area contributed by atoms with Gasteiger partial charge in [-0.3, -0.25) is 9.59 Å². The molecule has 0 radical (unpaired) electrons. The number of nitrogens with one attached hydrogen (secondary N) is 2. The second kappa shape index (κ2) is 19.0. The lowest BCUT2D eigenvalue weighted by atomic mass is 9.86. The van der Waals surface area contributed by atoms with Crippen LogP contribution >= 0.6 is 0 Å². The number of nitrogens with zero attached hydrogens (tertiary/aromatic N) is 4. The number of carbonyl (C=O) groups excluding carboxylic acids is 2. The van der Waals surface area contributed by atoms with Crippen LogP contribution in [0.15, 0.2) is 109 Å². The minimum absolute atomic E-state index is 0.181. The molecule has 2 aliphatic rings. The van der Waals surface area contributed by atoms with E-state index in [2.05, 4.69) is 90.6 Å². The standard InChI is InChI=1S/C53H58N6O2/c1-5-39-20-21-41(46-31-42(19-16-37(46)3)52(60)56-44-22-24-50(54-34-44)58-26-10-6-7-11-27-58)30-49(39)48-33-43(32-47(38(48)4)40-17-14-36(2)15-18-40)53(61)57-45-23-25-51(55-35-45)59-28-12-8-9-13-29-59/h14-25,30-35H,5-13,26-29H2,1-4H3,(H,56,60)(H,57,61). The highest BCUT2D eigenvalue weighted by Crippen LogP contribution is 2.38. The third kappa shape index (κ3) is 9.70. The lowest BCUT2D eigenvalue weighted by Crippen LogP contribution is -2.24. The van der Waals surface area contributed by atoms with Crippen LogP contribution < -0.4 is 20.4 Å². The van der Waals surface area contributed by atoms with Crippen molar-refractivity contribution < 1.29 is 9.59 Å². The molecular formula is C53H58N6O2. The van der Waals surface area contributed by atoms with E-state index < -0.39 is 0 Å². The van der Waals surface area contributed by atoms with Gasteiger partial charge in [-0.2, -0.15) is 0 Å². The third-order valence-electron chi connectivity index (χ3n) is 12.5. The van der Waals surface area contributed by atoms with Crippen molar-refractivity contribution in [3.63, 3.8) is 0 Å². The van der Waals surface area contributed by atoms with E-state index in [1.165, 1.54) is 62.5 Å². The number of aryl methyl sites for hydroxylation is 3. The van der Waals surface area contributed by atoms with Gasteiger partial charge in [-0.05, 0) is 158 Å². The Morgan fingerprint density at radius 1 is 0.525 bits per heavy atom. The molecule has 2 amide bonds. The molecular weight excluding hydrogens is 753 g/mol. The highest BCUT2D eigenvalue weighted by atomic mass is 16.2. The predicted octanol–water partition coefficient (Wildman–Crippen LogP) is 12.2. The van der Waals surface area contributed by atoms with E-state index in [0.717, 1.165) is 88.7 Å². The van der Waals surface area contributed by atoms with Crippen LogP contribution in [-0.4, -0.2) is 48.0 Å². The van der Waals surface area contributed by atoms with Crippen LogP contribution in [0.5, 0.6) is 0 Å². The Labute approximate surface area is 361 Å². The van der Waals surface area contributed by atoms with Crippen LogP contribution in [0.25, 0.3) is 33.4 Å². The number of pyridine rings is 2. The average molecular weight is 811 g/mol. The van der Waals surface area contributed by atoms with Gasteiger partial charge in [0.1, 0.15) is 11.6 Å². The smallest absolute Gasteiger partial charge is 0.255 e. The first kappa shape index (κ1) is 41.5. The second-order valence-corrected chi connectivity index (χ2v) is 16.8. The van der Waals surface area contributed by atoms with Gasteiger partial charge in [-0.1, -0.05) is 80.6 Å². The van der Waals surface area contributed by atoms with Gasteiger partial charge in [-0.15, -0.1) is 0 Å². The summed E-state index contributed by atoms with van der Waals surface area (Å²) in [5.74, 6) is 1.55. The van der Waals surface area contributed by atoms with Crippen LogP contribution in [-0.2, 0) is 6.42 Å². The minimum atomic E-state index is -0.186. The molecule has 61 heavy (non-hydrogen) atoms. The highest BCUT2D eigenvalue weighted by Gasteiger charge is 2.20. The third-order valence-corrected chi connectivity index (χ3v) is 12.5. The first-order valence-corrected chi connectivity index (χ1v) is 22.2. The van der Waals surface area contributed by atoms with E-state index in [-0.39, 0.29) is 11.8 Å². The van der Waals surface area contributed by atoms with Crippen molar-refractivity contribution in [3.8, 4) is 33.4 Å². The SMILES string of the molecule is CCc1ccc(-c2cc(C(=O)Nc3ccc(N4CCCCCC4)nc3)ccc2C)cc1-c1cc(C(=O)Nc2ccc(N3CCCCCC3)nc2)cc(-c2ccc(C)cc2)c1C. The molecule has 312 valence electrons. The Hall–Kier alpha value is -6.28. The van der Waals surface area contributed by atoms with Gasteiger partial charge in [-0.25, -0.2) is 9.97 Å². The lowest BCUT2D eigenvalue weighted by Gasteiger charge is -2.21. The molecule has 8 rings (SSSR count). The van der Waals surface area contributed by atoms with Gasteiger partial charge < -0.3 is 20.4 Å². The van der Waals surface area contributed by atoms with Crippen molar-refractivity contribution in [2.45, 2.75) is 85.5 Å². The van der Waals surface area contributed by atoms with E-state index in [1.54, 1.807) is 12.4 Å². The zero-order valence-electron chi connectivity index (χ0n) is 36.2. The molecule has 4 aromatic carbocycles. The molecule has 4 heterocycles. The summed E-state index contributed by atoms with van der Waals surface area (Å²) in [6, 6.07) is 32.9. The van der Waals surface area contributed by atoms with Crippen LogP contribution in [0, 0.1) is 20.8 Å². The first-order valence-electron chi connectivity index (χ1n) is 22.2. The average Bonchev–Trinajstić information content (AvgIpc) is 3.74. The number of aromatic nitrogens is 2. The fourth-order valence-corrected chi connectivity index (χ4v) is 8.84. The summed E-state index contributed by atoms with van der Waals surface area (Å²) >= 11 is 0. The summed E-state index contributed by atoms with van der Waals surface area (Å²) in [4.78, 5) is 42.1. The Balaban J connectivity index is 1.10. The van der Waals surface area contributed by atoms with E-state index in [1.807, 2.05) is 54.6 Å². The van der Waals surface area contributed by atoms with Crippen molar-refractivity contribution in [1.82, 2.24) is 9.97 Å². The molecule has 0 saturated carbocycles. The summed E-state index contributed by atoms with van der Waals surface area (Å²) in [6.07, 6.45) is 14.1. The van der Waals surface area contributed by atoms with E-state index in [0.29, 0.717) is 22.5 Å². The fourth-order valence-electron chi connectivity index (χ4n) is 8.84. The predicted molar refractivity (Wildman–Crippen MR) is 252 cm³/mol. The summed E-state index contributed by atoms with van der Waals surface area (Å²) in [7, 11) is 0. The molecule has 0 bridgehead atoms. The maximum atomic E-state index is 14.2. The lowest BCUT2D eigenvalue weighted by molar-refractivity contribution is 0.101. The minimum Gasteiger partial charge on any atom is -0.357 e. The Bertz CT molecular complexity index is 2480. The molecule has 2 saturated heterocycles. The van der Waals surface area contributed by atoms with Crippen LogP contribution in [0.3, 0.4) is 0 Å². The highest BCUT2D eigenvalue weighted by molar-refractivity contribution is 6.07. The van der Waals surface area contributed by atoms with Crippen molar-refractivity contribution in [2.75, 3.05) is 46.6 Å². The molecule has 6 aromatic rings. The first-order chi connectivity index (χ1) is 29.7. The number of carbonyl (C=O) groups is 2. The van der Waals surface area contributed by atoms with Crippen molar-refractivity contribution in [3.05, 3.63) is 143 Å². The number of hydrogen-bond acceptors (Lipinski definition) is 6. The molecule has 0 atom stereocenters. The summed E-state index contributed by atoms with van der Waals surface area (Å²) in [6.45, 7) is 12.5. The number of benzene rings is 4. The fraction of sp³-hybridized carbons (Fsp3) is 0.321. The van der Waals surface area contributed by atoms with Crippen molar-refractivity contribution in [1.29, 1.82) is 0 Å². The second-order valence-electron chi connectivity index (χ2n) is 16.8. The molecule has 2 fully saturated rings. The molecule has 2 aliphatic heterocycles. The zero-order chi connectivity index (χ0) is 42.3. The Morgan fingerprint density at radius 3 is 1.59 bits per heavy atom. The zero-order valence-corrected chi connectivity index (χ0v) is 36.2. The Kier molecular flexibility index (Phi) is 12.9. The van der Waals surface area contributed by atoms with Gasteiger partial charge in [0.25, 0.3) is 11.8 Å². The number of hydrogen-bond donors (Lipinski definition) is 2. The monoisotopic (exact) mass is 810 g/mol. The van der Waals surface area contributed by atoms with Crippen LogP contribution in [0.2, 0.25) is 0 Å². The summed E-state index contributed by atoms with van der Waals surface area (Å²) in [5, 5.41) is 6.23. The van der Waals surface area contributed by atoms with E-state index in [4.69, 9.17) is 9.97 Å². The number of rotatable bonds is 10. The molecule has 0 aliphatic carbocycles. The van der Waals surface area contributed by atoms with Crippen molar-refractivity contribution >= 4 is 34.8 Å². The van der Waals surface area contributed by atoms with Gasteiger partial charge in [0.2, 0.25) is 0 Å². The normalized spacial score (nSPS) is 14.6. The largest absolute Gasteiger partial charge is 0.357 e. The molecule has 8 nitrogen and oxygen atoms in total. The molecule has 2 N–H and O–H groups in total.